The van der Waals surface area contributed by atoms with Crippen LogP contribution in [0, 0.1) is 0 Å². The van der Waals surface area contributed by atoms with E-state index in [0.29, 0.717) is 0 Å². The molecule has 3 heteroatoms. The molecule has 0 saturated carbocycles. The van der Waals surface area contributed by atoms with Gasteiger partial charge >= 0.3 is 0 Å². The van der Waals surface area contributed by atoms with Crippen molar-refractivity contribution in [3.05, 3.63) is 24.9 Å². The second kappa shape index (κ2) is 8.11. The lowest BCUT2D eigenvalue weighted by atomic mass is 10.3. The van der Waals surface area contributed by atoms with E-state index in [1.165, 1.54) is 5.57 Å². The Bertz CT molecular complexity index is 244. The first kappa shape index (κ1) is 14.9. The van der Waals surface area contributed by atoms with Gasteiger partial charge in [-0.05, 0) is 27.8 Å². The van der Waals surface area contributed by atoms with E-state index in [4.69, 9.17) is 0 Å². The molecule has 0 aromatic rings. The lowest BCUT2D eigenvalue weighted by Gasteiger charge is -2.33. The van der Waals surface area contributed by atoms with Gasteiger partial charge in [0.15, 0.2) is 0 Å². The Hall–Kier alpha value is -1.09. The van der Waals surface area contributed by atoms with Gasteiger partial charge in [-0.15, -0.1) is 13.2 Å². The van der Waals surface area contributed by atoms with Crippen LogP contribution in [0.2, 0.25) is 0 Å². The average molecular weight is 223 g/mol. The number of hydrogen-bond donors (Lipinski definition) is 0. The van der Waals surface area contributed by atoms with Gasteiger partial charge in [0, 0.05) is 32.4 Å². The van der Waals surface area contributed by atoms with E-state index in [1.54, 1.807) is 0 Å². The highest BCUT2D eigenvalue weighted by Crippen LogP contribution is 2.01. The highest BCUT2D eigenvalue weighted by atomic mass is 15.3. The van der Waals surface area contributed by atoms with Gasteiger partial charge in [0.25, 0.3) is 0 Å². The minimum Gasteiger partial charge on any atom is -0.358 e. The molecule has 1 saturated heterocycles. The predicted octanol–water partition coefficient (Wildman–Crippen LogP) is 2.38. The molecular weight excluding hydrogens is 198 g/mol. The van der Waals surface area contributed by atoms with E-state index in [0.717, 1.165) is 32.0 Å². The number of aliphatic imine (C=N–C) groups is 1. The number of amidine groups is 1. The quantitative estimate of drug-likeness (QED) is 0.386. The molecule has 0 spiro atoms. The van der Waals surface area contributed by atoms with Crippen LogP contribution >= 0.6 is 0 Å². The maximum Gasteiger partial charge on any atom is 0.101 e. The molecule has 0 aliphatic carbocycles. The Balaban J connectivity index is 0.00000106. The maximum atomic E-state index is 4.43. The van der Waals surface area contributed by atoms with Gasteiger partial charge < -0.3 is 9.80 Å². The third-order valence-corrected chi connectivity index (χ3v) is 2.47. The number of likely N-dealkylation sites (N-methyl/N-ethyl adjacent to an activating group) is 1. The van der Waals surface area contributed by atoms with Crippen LogP contribution in [-0.2, 0) is 0 Å². The molecule has 92 valence electrons. The number of nitrogens with zero attached hydrogens (tertiary/aromatic N) is 3. The molecule has 0 aromatic heterocycles. The Kier molecular flexibility index (Phi) is 7.56. The first-order valence-electron chi connectivity index (χ1n) is 5.71. The van der Waals surface area contributed by atoms with E-state index in [1.807, 2.05) is 6.20 Å². The maximum absolute atomic E-state index is 4.43. The van der Waals surface area contributed by atoms with Crippen molar-refractivity contribution in [1.29, 1.82) is 0 Å². The van der Waals surface area contributed by atoms with Crippen molar-refractivity contribution in [2.75, 3.05) is 33.2 Å². The van der Waals surface area contributed by atoms with Crippen molar-refractivity contribution < 1.29 is 0 Å². The largest absolute Gasteiger partial charge is 0.358 e. The van der Waals surface area contributed by atoms with E-state index >= 15 is 0 Å². The lowest BCUT2D eigenvalue weighted by Crippen LogP contribution is -2.46. The monoisotopic (exact) mass is 223 g/mol. The summed E-state index contributed by atoms with van der Waals surface area (Å²) in [6.45, 7) is 16.7. The molecule has 1 aliphatic heterocycles. The number of piperazine rings is 1. The molecule has 0 unspecified atom stereocenters. The molecule has 3 nitrogen and oxygen atoms in total. The van der Waals surface area contributed by atoms with Gasteiger partial charge in [-0.25, -0.2) is 4.99 Å². The second-order valence-electron chi connectivity index (χ2n) is 4.17. The van der Waals surface area contributed by atoms with Gasteiger partial charge in [0.1, 0.15) is 5.84 Å². The summed E-state index contributed by atoms with van der Waals surface area (Å²) in [5.74, 6) is 1.14. The third-order valence-electron chi connectivity index (χ3n) is 2.47. The van der Waals surface area contributed by atoms with Crippen molar-refractivity contribution in [2.24, 2.45) is 4.99 Å². The van der Waals surface area contributed by atoms with Gasteiger partial charge in [0.2, 0.25) is 0 Å². The zero-order chi connectivity index (χ0) is 12.6. The van der Waals surface area contributed by atoms with Crippen LogP contribution < -0.4 is 0 Å². The Morgan fingerprint density at radius 3 is 2.00 bits per heavy atom. The van der Waals surface area contributed by atoms with E-state index in [-0.39, 0.29) is 0 Å². The Morgan fingerprint density at radius 2 is 1.56 bits per heavy atom. The molecule has 1 aliphatic rings. The summed E-state index contributed by atoms with van der Waals surface area (Å²) < 4.78 is 0. The smallest absolute Gasteiger partial charge is 0.101 e. The van der Waals surface area contributed by atoms with E-state index in [2.05, 4.69) is 55.8 Å². The van der Waals surface area contributed by atoms with Crippen LogP contribution in [-0.4, -0.2) is 48.9 Å². The summed E-state index contributed by atoms with van der Waals surface area (Å²) in [4.78, 5) is 9.13. The van der Waals surface area contributed by atoms with Gasteiger partial charge in [0.05, 0.1) is 0 Å². The van der Waals surface area contributed by atoms with Crippen LogP contribution in [0.25, 0.3) is 0 Å². The van der Waals surface area contributed by atoms with Gasteiger partial charge in [-0.3, -0.25) is 0 Å². The number of hydrogen-bond acceptors (Lipinski definition) is 2. The molecule has 1 fully saturated rings. The summed E-state index contributed by atoms with van der Waals surface area (Å²) in [7, 11) is 2.17. The van der Waals surface area contributed by atoms with Crippen LogP contribution in [0.5, 0.6) is 0 Å². The normalized spacial score (nSPS) is 17.5. The van der Waals surface area contributed by atoms with Crippen molar-refractivity contribution in [2.45, 2.75) is 20.8 Å². The summed E-state index contributed by atoms with van der Waals surface area (Å²) in [5.41, 5.74) is 1.25. The van der Waals surface area contributed by atoms with Gasteiger partial charge in [-0.1, -0.05) is 5.57 Å². The van der Waals surface area contributed by atoms with Crippen molar-refractivity contribution in [1.82, 2.24) is 9.80 Å². The first-order chi connectivity index (χ1) is 7.59. The minimum atomic E-state index is 1.10. The summed E-state index contributed by atoms with van der Waals surface area (Å²) >= 11 is 0. The van der Waals surface area contributed by atoms with Gasteiger partial charge in [-0.2, -0.15) is 0 Å². The molecule has 0 radical (unpaired) electrons. The standard InChI is InChI=1S/C11H21N3.C2H4/c1-10(2)9-12-11(3)14-7-5-13(4)6-8-14;1-2/h9H,5-8H2,1-4H3;1-2H2. The van der Waals surface area contributed by atoms with Crippen molar-refractivity contribution in [3.63, 3.8) is 0 Å². The molecule has 0 N–H and O–H groups in total. The second-order valence-corrected chi connectivity index (χ2v) is 4.17. The molecule has 1 heterocycles. The fourth-order valence-corrected chi connectivity index (χ4v) is 1.43. The van der Waals surface area contributed by atoms with Crippen LogP contribution in [0.15, 0.2) is 29.9 Å². The fraction of sp³-hybridized carbons (Fsp3) is 0.615. The predicted molar refractivity (Wildman–Crippen MR) is 72.9 cm³/mol. The molecule has 0 bridgehead atoms. The lowest BCUT2D eigenvalue weighted by molar-refractivity contribution is 0.215. The molecule has 16 heavy (non-hydrogen) atoms. The minimum absolute atomic E-state index is 1.10. The van der Waals surface area contributed by atoms with E-state index < -0.39 is 0 Å². The summed E-state index contributed by atoms with van der Waals surface area (Å²) in [6.07, 6.45) is 1.94. The molecule has 0 atom stereocenters. The fourth-order valence-electron chi connectivity index (χ4n) is 1.43. The average Bonchev–Trinajstić information content (AvgIpc) is 2.29. The first-order valence-corrected chi connectivity index (χ1v) is 5.71. The molecule has 1 rings (SSSR count). The summed E-state index contributed by atoms with van der Waals surface area (Å²) in [5, 5.41) is 0. The number of allylic oxidation sites excluding steroid dienone is 1. The van der Waals surface area contributed by atoms with E-state index in [9.17, 15) is 0 Å². The highest BCUT2D eigenvalue weighted by Gasteiger charge is 2.13. The Labute approximate surface area is 100 Å². The molecular formula is C13H25N3. The molecule has 0 amide bonds. The highest BCUT2D eigenvalue weighted by molar-refractivity contribution is 5.80. The third kappa shape index (κ3) is 5.71. The number of rotatable bonds is 1. The Morgan fingerprint density at radius 1 is 1.06 bits per heavy atom. The van der Waals surface area contributed by atoms with Crippen LogP contribution in [0.3, 0.4) is 0 Å². The van der Waals surface area contributed by atoms with Crippen LogP contribution in [0.4, 0.5) is 0 Å². The van der Waals surface area contributed by atoms with Crippen molar-refractivity contribution >= 4 is 5.84 Å². The topological polar surface area (TPSA) is 18.8 Å². The van der Waals surface area contributed by atoms with Crippen LogP contribution in [0.1, 0.15) is 20.8 Å². The zero-order valence-corrected chi connectivity index (χ0v) is 11.2. The molecule has 0 aromatic carbocycles. The SMILES string of the molecule is C=C.CC(C)=CN=C(C)N1CCN(C)CC1. The zero-order valence-electron chi connectivity index (χ0n) is 11.2. The van der Waals surface area contributed by atoms with Crippen molar-refractivity contribution in [3.8, 4) is 0 Å². The summed E-state index contributed by atoms with van der Waals surface area (Å²) in [6, 6.07) is 0.